The molecule has 0 saturated heterocycles. The van der Waals surface area contributed by atoms with Gasteiger partial charge in [0.15, 0.2) is 0 Å². The van der Waals surface area contributed by atoms with Gasteiger partial charge in [-0.25, -0.2) is 0 Å². The Hall–Kier alpha value is -1.10. The normalized spacial score (nSPS) is 10.3. The zero-order valence-corrected chi connectivity index (χ0v) is 11.3. The lowest BCUT2D eigenvalue weighted by atomic mass is 10.1. The van der Waals surface area contributed by atoms with Gasteiger partial charge in [0.05, 0.1) is 13.2 Å². The number of hydrogen-bond acceptors (Lipinski definition) is 3. The molecule has 1 aromatic carbocycles. The molecule has 100 valence electrons. The van der Waals surface area contributed by atoms with Crippen molar-refractivity contribution in [2.24, 2.45) is 0 Å². The molecule has 0 unspecified atom stereocenters. The molecule has 0 atom stereocenters. The fraction of sp³-hybridized carbons (Fsp3) is 0.462. The Morgan fingerprint density at radius 1 is 1.28 bits per heavy atom. The Morgan fingerprint density at radius 2 is 2.00 bits per heavy atom. The molecule has 0 fully saturated rings. The van der Waals surface area contributed by atoms with Gasteiger partial charge in [-0.15, -0.1) is 0 Å². The topological polar surface area (TPSA) is 50.4 Å². The summed E-state index contributed by atoms with van der Waals surface area (Å²) in [6.45, 7) is 2.25. The van der Waals surface area contributed by atoms with Crippen LogP contribution in [-0.2, 0) is 16.0 Å². The molecule has 18 heavy (non-hydrogen) atoms. The van der Waals surface area contributed by atoms with E-state index >= 15 is 0 Å². The Labute approximate surface area is 113 Å². The highest BCUT2D eigenvalue weighted by molar-refractivity contribution is 6.30. The van der Waals surface area contributed by atoms with Crippen LogP contribution >= 0.6 is 11.6 Å². The predicted molar refractivity (Wildman–Crippen MR) is 72.9 cm³/mol. The molecule has 4 nitrogen and oxygen atoms in total. The molecule has 0 aliphatic heterocycles. The van der Waals surface area contributed by atoms with Gasteiger partial charge >= 0.3 is 0 Å². The SMILES string of the molecule is COCCNCC(=O)NCCc1ccc(Cl)cc1. The summed E-state index contributed by atoms with van der Waals surface area (Å²) in [5.41, 5.74) is 1.16. The van der Waals surface area contributed by atoms with Crippen molar-refractivity contribution in [3.63, 3.8) is 0 Å². The van der Waals surface area contributed by atoms with Crippen molar-refractivity contribution in [3.8, 4) is 0 Å². The van der Waals surface area contributed by atoms with E-state index in [2.05, 4.69) is 10.6 Å². The molecule has 0 radical (unpaired) electrons. The highest BCUT2D eigenvalue weighted by atomic mass is 35.5. The van der Waals surface area contributed by atoms with E-state index in [1.165, 1.54) is 0 Å². The van der Waals surface area contributed by atoms with Crippen molar-refractivity contribution >= 4 is 17.5 Å². The number of methoxy groups -OCH3 is 1. The van der Waals surface area contributed by atoms with Gasteiger partial charge in [0.25, 0.3) is 0 Å². The van der Waals surface area contributed by atoms with Gasteiger partial charge in [-0.3, -0.25) is 4.79 Å². The maximum atomic E-state index is 11.4. The molecule has 0 spiro atoms. The zero-order valence-electron chi connectivity index (χ0n) is 10.5. The van der Waals surface area contributed by atoms with E-state index in [-0.39, 0.29) is 5.91 Å². The fourth-order valence-corrected chi connectivity index (χ4v) is 1.56. The summed E-state index contributed by atoms with van der Waals surface area (Å²) < 4.78 is 4.87. The molecular formula is C13H19ClN2O2. The molecular weight excluding hydrogens is 252 g/mol. The standard InChI is InChI=1S/C13H19ClN2O2/c1-18-9-8-15-10-13(17)16-7-6-11-2-4-12(14)5-3-11/h2-5,15H,6-10H2,1H3,(H,16,17). The van der Waals surface area contributed by atoms with Gasteiger partial charge in [-0.05, 0) is 24.1 Å². The minimum Gasteiger partial charge on any atom is -0.383 e. The molecule has 0 heterocycles. The molecule has 0 bridgehead atoms. The van der Waals surface area contributed by atoms with Crippen LogP contribution in [0.3, 0.4) is 0 Å². The summed E-state index contributed by atoms with van der Waals surface area (Å²) in [5, 5.41) is 6.56. The molecule has 0 aliphatic carbocycles. The second-order valence-electron chi connectivity index (χ2n) is 3.90. The van der Waals surface area contributed by atoms with E-state index < -0.39 is 0 Å². The van der Waals surface area contributed by atoms with Gasteiger partial charge in [-0.2, -0.15) is 0 Å². The third-order valence-corrected chi connectivity index (χ3v) is 2.67. The first-order valence-electron chi connectivity index (χ1n) is 5.93. The Bertz CT molecular complexity index is 355. The van der Waals surface area contributed by atoms with Crippen LogP contribution in [0.4, 0.5) is 0 Å². The quantitative estimate of drug-likeness (QED) is 0.699. The maximum absolute atomic E-state index is 11.4. The predicted octanol–water partition coefficient (Wildman–Crippen LogP) is 1.23. The average molecular weight is 271 g/mol. The van der Waals surface area contributed by atoms with E-state index in [4.69, 9.17) is 16.3 Å². The van der Waals surface area contributed by atoms with Gasteiger partial charge < -0.3 is 15.4 Å². The molecule has 1 rings (SSSR count). The highest BCUT2D eigenvalue weighted by Crippen LogP contribution is 2.09. The van der Waals surface area contributed by atoms with Crippen LogP contribution in [0.25, 0.3) is 0 Å². The molecule has 0 aliphatic rings. The van der Waals surface area contributed by atoms with Crippen molar-refractivity contribution in [3.05, 3.63) is 34.9 Å². The van der Waals surface area contributed by atoms with Crippen molar-refractivity contribution < 1.29 is 9.53 Å². The highest BCUT2D eigenvalue weighted by Gasteiger charge is 2.00. The first-order valence-corrected chi connectivity index (χ1v) is 6.31. The first-order chi connectivity index (χ1) is 8.72. The number of amides is 1. The summed E-state index contributed by atoms with van der Waals surface area (Å²) in [6, 6.07) is 7.63. The van der Waals surface area contributed by atoms with Gasteiger partial charge in [-0.1, -0.05) is 23.7 Å². The van der Waals surface area contributed by atoms with E-state index in [9.17, 15) is 4.79 Å². The Kier molecular flexibility index (Phi) is 7.41. The first kappa shape index (κ1) is 15.0. The minimum atomic E-state index is 0.0000617. The summed E-state index contributed by atoms with van der Waals surface area (Å²) in [4.78, 5) is 11.4. The van der Waals surface area contributed by atoms with E-state index in [0.29, 0.717) is 26.2 Å². The second kappa shape index (κ2) is 8.91. The summed E-state index contributed by atoms with van der Waals surface area (Å²) in [5.74, 6) is 0.0000617. The Morgan fingerprint density at radius 3 is 2.67 bits per heavy atom. The summed E-state index contributed by atoms with van der Waals surface area (Å²) in [6.07, 6.45) is 0.807. The van der Waals surface area contributed by atoms with Crippen LogP contribution in [-0.4, -0.2) is 39.3 Å². The zero-order chi connectivity index (χ0) is 13.2. The van der Waals surface area contributed by atoms with Gasteiger partial charge in [0, 0.05) is 25.2 Å². The number of nitrogens with one attached hydrogen (secondary N) is 2. The van der Waals surface area contributed by atoms with Crippen LogP contribution in [0.15, 0.2) is 24.3 Å². The van der Waals surface area contributed by atoms with Crippen molar-refractivity contribution in [1.82, 2.24) is 10.6 Å². The van der Waals surface area contributed by atoms with Gasteiger partial charge in [0.1, 0.15) is 0 Å². The lowest BCUT2D eigenvalue weighted by molar-refractivity contribution is -0.120. The average Bonchev–Trinajstić information content (AvgIpc) is 2.37. The van der Waals surface area contributed by atoms with Crippen molar-refractivity contribution in [2.45, 2.75) is 6.42 Å². The van der Waals surface area contributed by atoms with Crippen LogP contribution in [0, 0.1) is 0 Å². The lowest BCUT2D eigenvalue weighted by Gasteiger charge is -2.06. The molecule has 1 amide bonds. The number of ether oxygens (including phenoxy) is 1. The maximum Gasteiger partial charge on any atom is 0.233 e. The van der Waals surface area contributed by atoms with Crippen molar-refractivity contribution in [2.75, 3.05) is 33.4 Å². The molecule has 1 aromatic rings. The van der Waals surface area contributed by atoms with Gasteiger partial charge in [0.2, 0.25) is 5.91 Å². The van der Waals surface area contributed by atoms with Crippen molar-refractivity contribution in [1.29, 1.82) is 0 Å². The summed E-state index contributed by atoms with van der Waals surface area (Å²) in [7, 11) is 1.63. The molecule has 0 aromatic heterocycles. The number of rotatable bonds is 8. The molecule has 5 heteroatoms. The third kappa shape index (κ3) is 6.59. The van der Waals surface area contributed by atoms with Crippen LogP contribution < -0.4 is 10.6 Å². The molecule has 2 N–H and O–H groups in total. The monoisotopic (exact) mass is 270 g/mol. The molecule has 0 saturated carbocycles. The van der Waals surface area contributed by atoms with Crippen LogP contribution in [0.2, 0.25) is 5.02 Å². The van der Waals surface area contributed by atoms with Crippen LogP contribution in [0.5, 0.6) is 0 Å². The van der Waals surface area contributed by atoms with E-state index in [0.717, 1.165) is 17.0 Å². The third-order valence-electron chi connectivity index (χ3n) is 2.42. The smallest absolute Gasteiger partial charge is 0.233 e. The Balaban J connectivity index is 2.10. The lowest BCUT2D eigenvalue weighted by Crippen LogP contribution is -2.36. The number of hydrogen-bond donors (Lipinski definition) is 2. The van der Waals surface area contributed by atoms with Crippen LogP contribution in [0.1, 0.15) is 5.56 Å². The van der Waals surface area contributed by atoms with E-state index in [1.54, 1.807) is 7.11 Å². The largest absolute Gasteiger partial charge is 0.383 e. The fourth-order valence-electron chi connectivity index (χ4n) is 1.44. The number of halogens is 1. The summed E-state index contributed by atoms with van der Waals surface area (Å²) >= 11 is 5.79. The van der Waals surface area contributed by atoms with E-state index in [1.807, 2.05) is 24.3 Å². The second-order valence-corrected chi connectivity index (χ2v) is 4.33. The number of carbonyl (C=O) groups excluding carboxylic acids is 1. The number of carbonyl (C=O) groups is 1. The number of benzene rings is 1. The minimum absolute atomic E-state index is 0.0000617.